The van der Waals surface area contributed by atoms with Gasteiger partial charge in [-0.15, -0.1) is 0 Å². The van der Waals surface area contributed by atoms with Crippen LogP contribution in [0.15, 0.2) is 24.3 Å². The molecule has 1 aromatic rings. The molecule has 13 heavy (non-hydrogen) atoms. The van der Waals surface area contributed by atoms with Crippen LogP contribution in [0, 0.1) is 0 Å². The molecule has 0 unspecified atom stereocenters. The summed E-state index contributed by atoms with van der Waals surface area (Å²) in [6.45, 7) is 6.69. The zero-order valence-electron chi connectivity index (χ0n) is 8.41. The first-order valence-corrected chi connectivity index (χ1v) is 4.62. The first-order valence-electron chi connectivity index (χ1n) is 4.62. The van der Waals surface area contributed by atoms with E-state index in [1.54, 1.807) is 0 Å². The normalized spacial score (nSPS) is 10.2. The van der Waals surface area contributed by atoms with Crippen LogP contribution in [0.4, 0.5) is 0 Å². The number of rotatable bonds is 4. The van der Waals surface area contributed by atoms with E-state index in [1.165, 1.54) is 0 Å². The van der Waals surface area contributed by atoms with Gasteiger partial charge in [-0.3, -0.25) is 0 Å². The molecule has 0 N–H and O–H groups in total. The molecule has 1 aromatic carbocycles. The van der Waals surface area contributed by atoms with Crippen molar-refractivity contribution in [1.82, 2.24) is 0 Å². The average Bonchev–Trinajstić information content (AvgIpc) is 2.08. The van der Waals surface area contributed by atoms with Crippen molar-refractivity contribution in [3.05, 3.63) is 24.3 Å². The largest absolute Gasteiger partial charge is 0.494 e. The lowest BCUT2D eigenvalue weighted by Crippen LogP contribution is -2.05. The van der Waals surface area contributed by atoms with Gasteiger partial charge in [0.25, 0.3) is 0 Å². The summed E-state index contributed by atoms with van der Waals surface area (Å²) in [5.74, 6) is 1.78. The van der Waals surface area contributed by atoms with Gasteiger partial charge in [0.05, 0.1) is 12.7 Å². The standard InChI is InChI=1S/C11H16O2/c1-4-12-10-5-7-11(8-6-10)13-9(2)3/h5-9H,4H2,1-3H3. The maximum Gasteiger partial charge on any atom is 0.119 e. The molecule has 0 aliphatic carbocycles. The first kappa shape index (κ1) is 9.90. The Hall–Kier alpha value is -1.18. The number of benzene rings is 1. The number of ether oxygens (including phenoxy) is 2. The fourth-order valence-electron chi connectivity index (χ4n) is 1.05. The first-order chi connectivity index (χ1) is 6.22. The van der Waals surface area contributed by atoms with Crippen molar-refractivity contribution in [2.75, 3.05) is 6.61 Å². The lowest BCUT2D eigenvalue weighted by molar-refractivity contribution is 0.242. The quantitative estimate of drug-likeness (QED) is 0.709. The van der Waals surface area contributed by atoms with Crippen LogP contribution in [0.3, 0.4) is 0 Å². The Bertz CT molecular complexity index is 239. The molecule has 0 heterocycles. The highest BCUT2D eigenvalue weighted by atomic mass is 16.5. The number of hydrogen-bond donors (Lipinski definition) is 0. The maximum absolute atomic E-state index is 5.49. The third-order valence-corrected chi connectivity index (χ3v) is 1.51. The van der Waals surface area contributed by atoms with Crippen molar-refractivity contribution in [3.63, 3.8) is 0 Å². The Labute approximate surface area is 79.5 Å². The molecule has 72 valence electrons. The molecule has 0 atom stereocenters. The number of hydrogen-bond acceptors (Lipinski definition) is 2. The predicted octanol–water partition coefficient (Wildman–Crippen LogP) is 2.87. The smallest absolute Gasteiger partial charge is 0.119 e. The monoisotopic (exact) mass is 180 g/mol. The molecule has 0 aliphatic rings. The molecule has 0 aliphatic heterocycles. The summed E-state index contributed by atoms with van der Waals surface area (Å²) in [4.78, 5) is 0. The highest BCUT2D eigenvalue weighted by molar-refractivity contribution is 5.31. The molecule has 0 amide bonds. The van der Waals surface area contributed by atoms with Crippen LogP contribution < -0.4 is 9.47 Å². The molecule has 0 radical (unpaired) electrons. The van der Waals surface area contributed by atoms with Crippen molar-refractivity contribution < 1.29 is 9.47 Å². The minimum Gasteiger partial charge on any atom is -0.494 e. The SMILES string of the molecule is CCOc1ccc(OC(C)C)cc1. The van der Waals surface area contributed by atoms with Gasteiger partial charge in [-0.25, -0.2) is 0 Å². The molecule has 2 nitrogen and oxygen atoms in total. The summed E-state index contributed by atoms with van der Waals surface area (Å²) in [7, 11) is 0. The van der Waals surface area contributed by atoms with Crippen LogP contribution in [-0.4, -0.2) is 12.7 Å². The van der Waals surface area contributed by atoms with E-state index in [0.29, 0.717) is 6.61 Å². The molecule has 0 saturated carbocycles. The average molecular weight is 180 g/mol. The van der Waals surface area contributed by atoms with Gasteiger partial charge in [0, 0.05) is 0 Å². The Morgan fingerprint density at radius 3 is 2.08 bits per heavy atom. The molecule has 0 fully saturated rings. The van der Waals surface area contributed by atoms with Crippen molar-refractivity contribution in [1.29, 1.82) is 0 Å². The summed E-state index contributed by atoms with van der Waals surface area (Å²) in [5.41, 5.74) is 0. The highest BCUT2D eigenvalue weighted by Gasteiger charge is 1.97. The van der Waals surface area contributed by atoms with Crippen molar-refractivity contribution in [2.24, 2.45) is 0 Å². The van der Waals surface area contributed by atoms with E-state index in [0.717, 1.165) is 11.5 Å². The van der Waals surface area contributed by atoms with E-state index < -0.39 is 0 Å². The van der Waals surface area contributed by atoms with Gasteiger partial charge in [-0.2, -0.15) is 0 Å². The molecular weight excluding hydrogens is 164 g/mol. The van der Waals surface area contributed by atoms with E-state index >= 15 is 0 Å². The second kappa shape index (κ2) is 4.75. The zero-order chi connectivity index (χ0) is 9.68. The van der Waals surface area contributed by atoms with E-state index in [9.17, 15) is 0 Å². The van der Waals surface area contributed by atoms with Crippen LogP contribution in [0.1, 0.15) is 20.8 Å². The summed E-state index contributed by atoms with van der Waals surface area (Å²) < 4.78 is 10.8. The van der Waals surface area contributed by atoms with Crippen LogP contribution in [0.5, 0.6) is 11.5 Å². The minimum atomic E-state index is 0.220. The minimum absolute atomic E-state index is 0.220. The van der Waals surface area contributed by atoms with Crippen LogP contribution >= 0.6 is 0 Å². The Morgan fingerprint density at radius 2 is 1.62 bits per heavy atom. The Morgan fingerprint density at radius 1 is 1.08 bits per heavy atom. The molecule has 0 spiro atoms. The van der Waals surface area contributed by atoms with Crippen molar-refractivity contribution in [3.8, 4) is 11.5 Å². The van der Waals surface area contributed by atoms with Gasteiger partial charge < -0.3 is 9.47 Å². The van der Waals surface area contributed by atoms with Gasteiger partial charge in [-0.1, -0.05) is 0 Å². The summed E-state index contributed by atoms with van der Waals surface area (Å²) in [5, 5.41) is 0. The topological polar surface area (TPSA) is 18.5 Å². The van der Waals surface area contributed by atoms with Gasteiger partial charge in [0.1, 0.15) is 11.5 Å². The molecule has 2 heteroatoms. The van der Waals surface area contributed by atoms with Gasteiger partial charge in [0.2, 0.25) is 0 Å². The van der Waals surface area contributed by atoms with Gasteiger partial charge in [-0.05, 0) is 45.0 Å². The summed E-state index contributed by atoms with van der Waals surface area (Å²) >= 11 is 0. The lowest BCUT2D eigenvalue weighted by atomic mass is 10.3. The van der Waals surface area contributed by atoms with Crippen LogP contribution in [0.25, 0.3) is 0 Å². The lowest BCUT2D eigenvalue weighted by Gasteiger charge is -2.10. The molecule has 0 bridgehead atoms. The Kier molecular flexibility index (Phi) is 3.62. The molecular formula is C11H16O2. The van der Waals surface area contributed by atoms with Gasteiger partial charge in [0.15, 0.2) is 0 Å². The third kappa shape index (κ3) is 3.36. The fourth-order valence-corrected chi connectivity index (χ4v) is 1.05. The van der Waals surface area contributed by atoms with Crippen LogP contribution in [-0.2, 0) is 0 Å². The summed E-state index contributed by atoms with van der Waals surface area (Å²) in [6, 6.07) is 7.68. The van der Waals surface area contributed by atoms with E-state index in [4.69, 9.17) is 9.47 Å². The van der Waals surface area contributed by atoms with E-state index in [2.05, 4.69) is 0 Å². The van der Waals surface area contributed by atoms with Crippen molar-refractivity contribution >= 4 is 0 Å². The highest BCUT2D eigenvalue weighted by Crippen LogP contribution is 2.18. The summed E-state index contributed by atoms with van der Waals surface area (Å²) in [6.07, 6.45) is 0.220. The molecule has 1 rings (SSSR count). The second-order valence-corrected chi connectivity index (χ2v) is 3.07. The zero-order valence-corrected chi connectivity index (χ0v) is 8.41. The third-order valence-electron chi connectivity index (χ3n) is 1.51. The Balaban J connectivity index is 2.59. The van der Waals surface area contributed by atoms with Gasteiger partial charge >= 0.3 is 0 Å². The van der Waals surface area contributed by atoms with E-state index in [-0.39, 0.29) is 6.10 Å². The second-order valence-electron chi connectivity index (χ2n) is 3.07. The van der Waals surface area contributed by atoms with Crippen LogP contribution in [0.2, 0.25) is 0 Å². The molecule has 0 aromatic heterocycles. The fraction of sp³-hybridized carbons (Fsp3) is 0.455. The molecule has 0 saturated heterocycles. The maximum atomic E-state index is 5.49. The van der Waals surface area contributed by atoms with Crippen molar-refractivity contribution in [2.45, 2.75) is 26.9 Å². The predicted molar refractivity (Wildman–Crippen MR) is 53.4 cm³/mol. The van der Waals surface area contributed by atoms with E-state index in [1.807, 2.05) is 45.0 Å².